The highest BCUT2D eigenvalue weighted by Crippen LogP contribution is 2.67. The lowest BCUT2D eigenvalue weighted by molar-refractivity contribution is -0.361. The summed E-state index contributed by atoms with van der Waals surface area (Å²) in [5.41, 5.74) is 0.116. The van der Waals surface area contributed by atoms with Crippen molar-refractivity contribution in [3.63, 3.8) is 0 Å². The first-order valence-electron chi connectivity index (χ1n) is 17.3. The monoisotopic (exact) mass is 656 g/mol. The summed E-state index contributed by atoms with van der Waals surface area (Å²) in [5, 5.41) is 73.8. The molecule has 4 aliphatic carbocycles. The van der Waals surface area contributed by atoms with E-state index in [9.17, 15) is 35.7 Å². The second-order valence-electron chi connectivity index (χ2n) is 15.6. The van der Waals surface area contributed by atoms with Gasteiger partial charge in [0.15, 0.2) is 12.6 Å². The van der Waals surface area contributed by atoms with E-state index in [1.807, 2.05) is 0 Å². The van der Waals surface area contributed by atoms with Gasteiger partial charge in [-0.25, -0.2) is 0 Å². The molecule has 0 bridgehead atoms. The molecule has 0 aromatic heterocycles. The molecule has 46 heavy (non-hydrogen) atoms. The van der Waals surface area contributed by atoms with E-state index in [1.165, 1.54) is 12.7 Å². The summed E-state index contributed by atoms with van der Waals surface area (Å²) < 4.78 is 29.7. The van der Waals surface area contributed by atoms with Gasteiger partial charge in [-0.15, -0.1) is 0 Å². The Kier molecular flexibility index (Phi) is 9.81. The topological polar surface area (TPSA) is 188 Å². The lowest BCUT2D eigenvalue weighted by atomic mass is 9.46. The molecule has 2 heterocycles. The van der Waals surface area contributed by atoms with Crippen LogP contribution in [0.3, 0.4) is 0 Å². The Balaban J connectivity index is 1.11. The van der Waals surface area contributed by atoms with Crippen LogP contribution >= 0.6 is 0 Å². The number of hydrogen-bond donors (Lipinski definition) is 7. The Hall–Kier alpha value is -0.740. The summed E-state index contributed by atoms with van der Waals surface area (Å²) in [6.45, 7) is 7.47. The Bertz CT molecular complexity index is 1120. The van der Waals surface area contributed by atoms with Gasteiger partial charge in [-0.3, -0.25) is 0 Å². The summed E-state index contributed by atoms with van der Waals surface area (Å²) >= 11 is 0. The summed E-state index contributed by atoms with van der Waals surface area (Å²) in [6, 6.07) is 0. The van der Waals surface area contributed by atoms with Gasteiger partial charge in [-0.2, -0.15) is 0 Å². The third-order valence-corrected chi connectivity index (χ3v) is 13.5. The van der Waals surface area contributed by atoms with Crippen molar-refractivity contribution in [2.75, 3.05) is 13.7 Å². The fourth-order valence-corrected chi connectivity index (χ4v) is 10.6. The van der Waals surface area contributed by atoms with Crippen LogP contribution in [-0.2, 0) is 23.7 Å². The largest absolute Gasteiger partial charge is 0.394 e. The molecule has 18 unspecified atom stereocenters. The van der Waals surface area contributed by atoms with Gasteiger partial charge in [0.25, 0.3) is 0 Å². The molecule has 264 valence electrons. The van der Waals surface area contributed by atoms with Crippen LogP contribution in [0.2, 0.25) is 0 Å². The molecule has 0 aromatic rings. The van der Waals surface area contributed by atoms with Gasteiger partial charge in [-0.1, -0.05) is 25.5 Å². The Morgan fingerprint density at radius 3 is 2.26 bits per heavy atom. The average Bonchev–Trinajstić information content (AvgIpc) is 3.31. The average molecular weight is 657 g/mol. The van der Waals surface area contributed by atoms with Crippen LogP contribution in [0.4, 0.5) is 0 Å². The fourth-order valence-electron chi connectivity index (χ4n) is 10.6. The Morgan fingerprint density at radius 2 is 1.59 bits per heavy atom. The molecular weight excluding hydrogens is 600 g/mol. The van der Waals surface area contributed by atoms with E-state index in [0.29, 0.717) is 24.2 Å². The zero-order valence-corrected chi connectivity index (χ0v) is 27.8. The molecule has 6 rings (SSSR count). The van der Waals surface area contributed by atoms with Crippen molar-refractivity contribution in [2.45, 2.75) is 158 Å². The third kappa shape index (κ3) is 5.43. The number of ether oxygens (including phenoxy) is 5. The van der Waals surface area contributed by atoms with E-state index in [2.05, 4.69) is 19.9 Å². The van der Waals surface area contributed by atoms with Gasteiger partial charge in [-0.05, 0) is 88.4 Å². The normalized spacial score (nSPS) is 54.7. The zero-order valence-electron chi connectivity index (χ0n) is 27.8. The highest BCUT2D eigenvalue weighted by Gasteiger charge is 2.65. The van der Waals surface area contributed by atoms with Crippen molar-refractivity contribution >= 4 is 0 Å². The smallest absolute Gasteiger partial charge is 0.187 e. The van der Waals surface area contributed by atoms with Crippen LogP contribution in [0.15, 0.2) is 11.6 Å². The molecule has 12 heteroatoms. The van der Waals surface area contributed by atoms with E-state index in [0.717, 1.165) is 44.9 Å². The maximum absolute atomic E-state index is 11.6. The number of allylic oxidation sites excluding steroid dienone is 1. The number of aliphatic hydroxyl groups is 7. The van der Waals surface area contributed by atoms with Crippen LogP contribution < -0.4 is 0 Å². The molecule has 6 aliphatic rings. The minimum absolute atomic E-state index is 0.0361. The number of hydrogen-bond acceptors (Lipinski definition) is 12. The summed E-state index contributed by atoms with van der Waals surface area (Å²) in [6.07, 6.45) is -3.43. The van der Waals surface area contributed by atoms with Gasteiger partial charge in [0.2, 0.25) is 0 Å². The number of methoxy groups -OCH3 is 1. The number of rotatable bonds is 7. The van der Waals surface area contributed by atoms with Gasteiger partial charge >= 0.3 is 0 Å². The molecular formula is C34H56O12. The highest BCUT2D eigenvalue weighted by atomic mass is 16.7. The van der Waals surface area contributed by atoms with Gasteiger partial charge < -0.3 is 59.4 Å². The van der Waals surface area contributed by atoms with Crippen molar-refractivity contribution < 1.29 is 59.4 Å². The molecule has 0 aromatic carbocycles. The predicted molar refractivity (Wildman–Crippen MR) is 163 cm³/mol. The fraction of sp³-hybridized carbons (Fsp3) is 0.941. The van der Waals surface area contributed by atoms with Crippen molar-refractivity contribution in [1.82, 2.24) is 0 Å². The summed E-state index contributed by atoms with van der Waals surface area (Å²) in [4.78, 5) is 0. The molecule has 0 radical (unpaired) electrons. The predicted octanol–water partition coefficient (Wildman–Crippen LogP) is 0.752. The van der Waals surface area contributed by atoms with E-state index in [4.69, 9.17) is 23.7 Å². The Morgan fingerprint density at radius 1 is 0.891 bits per heavy atom. The first kappa shape index (κ1) is 35.1. The first-order chi connectivity index (χ1) is 21.7. The Labute approximate surface area is 271 Å². The maximum atomic E-state index is 11.6. The van der Waals surface area contributed by atoms with Crippen molar-refractivity contribution in [1.29, 1.82) is 0 Å². The summed E-state index contributed by atoms with van der Waals surface area (Å²) in [5.74, 6) is 1.37. The van der Waals surface area contributed by atoms with Crippen LogP contribution in [-0.4, -0.2) is 129 Å². The highest BCUT2D eigenvalue weighted by molar-refractivity contribution is 5.26. The van der Waals surface area contributed by atoms with Crippen LogP contribution in [0.1, 0.15) is 79.1 Å². The zero-order chi connectivity index (χ0) is 33.3. The standard InChI is InChI=1S/C34H56O12/c1-16-28(46-30-26(39)25(38)24(37)23(15-35)45-30)29(42-5)27(40)31(43-16)44-19-8-11-32(3)18(14-19)6-7-20-21(32)9-12-33(4)22(20)10-13-34(33,41)17(2)36/h6,16-17,19-31,35-41H,7-15H2,1-5H3. The second-order valence-corrected chi connectivity index (χ2v) is 15.6. The molecule has 2 saturated heterocycles. The van der Waals surface area contributed by atoms with Crippen molar-refractivity contribution in [3.8, 4) is 0 Å². The summed E-state index contributed by atoms with van der Waals surface area (Å²) in [7, 11) is 1.43. The van der Waals surface area contributed by atoms with Crippen LogP contribution in [0, 0.1) is 28.6 Å². The van der Waals surface area contributed by atoms with Crippen molar-refractivity contribution in [3.05, 3.63) is 11.6 Å². The van der Waals surface area contributed by atoms with Gasteiger partial charge in [0, 0.05) is 12.5 Å². The lowest BCUT2D eigenvalue weighted by Gasteiger charge is -2.59. The minimum atomic E-state index is -1.59. The minimum Gasteiger partial charge on any atom is -0.394 e. The van der Waals surface area contributed by atoms with Crippen LogP contribution in [0.5, 0.6) is 0 Å². The van der Waals surface area contributed by atoms with E-state index >= 15 is 0 Å². The SMILES string of the molecule is COC1C(O)C(OC2CCC3(C)C(=CCC4C3CCC3(C)C4CCC3(O)C(C)O)C2)OC(C)C1OC1OC(CO)C(O)C(O)C1O. The third-order valence-electron chi connectivity index (χ3n) is 13.5. The first-order valence-corrected chi connectivity index (χ1v) is 17.3. The molecule has 12 nitrogen and oxygen atoms in total. The van der Waals surface area contributed by atoms with E-state index < -0.39 is 79.7 Å². The molecule has 2 aliphatic heterocycles. The van der Waals surface area contributed by atoms with E-state index in [1.54, 1.807) is 13.8 Å². The quantitative estimate of drug-likeness (QED) is 0.191. The molecule has 5 fully saturated rings. The second kappa shape index (κ2) is 12.9. The van der Waals surface area contributed by atoms with Crippen molar-refractivity contribution in [2.24, 2.45) is 28.6 Å². The molecule has 0 spiro atoms. The van der Waals surface area contributed by atoms with Gasteiger partial charge in [0.1, 0.15) is 42.7 Å². The molecule has 7 N–H and O–H groups in total. The van der Waals surface area contributed by atoms with Gasteiger partial charge in [0.05, 0.1) is 30.5 Å². The van der Waals surface area contributed by atoms with E-state index in [-0.39, 0.29) is 16.9 Å². The maximum Gasteiger partial charge on any atom is 0.187 e. The number of aliphatic hydroxyl groups excluding tert-OH is 6. The molecule has 18 atom stereocenters. The van der Waals surface area contributed by atoms with Crippen LogP contribution in [0.25, 0.3) is 0 Å². The molecule has 3 saturated carbocycles. The number of fused-ring (bicyclic) bond motifs is 5. The molecule has 0 amide bonds. The lowest BCUT2D eigenvalue weighted by Crippen LogP contribution is -2.64.